The van der Waals surface area contributed by atoms with Crippen molar-refractivity contribution >= 4 is 11.9 Å². The van der Waals surface area contributed by atoms with Gasteiger partial charge in [-0.1, -0.05) is 220 Å². The first-order chi connectivity index (χ1) is 32.6. The lowest BCUT2D eigenvalue weighted by molar-refractivity contribution is -0.163. The molecule has 66 heavy (non-hydrogen) atoms. The summed E-state index contributed by atoms with van der Waals surface area (Å²) < 4.78 is 17.3. The van der Waals surface area contributed by atoms with Crippen molar-refractivity contribution in [2.75, 3.05) is 19.8 Å². The molecule has 0 rings (SSSR count). The fourth-order valence-electron chi connectivity index (χ4n) is 7.26. The summed E-state index contributed by atoms with van der Waals surface area (Å²) in [6.45, 7) is 7.43. The van der Waals surface area contributed by atoms with Crippen molar-refractivity contribution in [3.63, 3.8) is 0 Å². The SMILES string of the molecule is CC/C=C\C/C=C\C/C=C\C/C=C\CCCCCCC(=O)OC(COCCC/C=C\C/C=C\C/C=C\C/C=C\CC)COC(=O)CCCCCCCCCCC/C=C\CCCCCCCC. The monoisotopic (exact) mass is 915 g/mol. The van der Waals surface area contributed by atoms with Crippen LogP contribution in [0.15, 0.2) is 109 Å². The lowest BCUT2D eigenvalue weighted by Gasteiger charge is -2.18. The minimum atomic E-state index is -0.585. The van der Waals surface area contributed by atoms with Crippen molar-refractivity contribution < 1.29 is 23.8 Å². The Labute approximate surface area is 408 Å². The maximum Gasteiger partial charge on any atom is 0.306 e. The first-order valence-corrected chi connectivity index (χ1v) is 27.4. The standard InChI is InChI=1S/C61H102O5/c1-4-7-10-13-16-19-22-25-28-30-31-33-34-36-39-42-45-48-51-54-60(62)65-58-59(57-64-56-53-50-47-44-41-38-27-24-21-18-15-12-9-6-3)66-61(63)55-52-49-46-43-40-37-35-32-29-26-23-20-17-14-11-8-5-2/h8-9,11-12,17-18,20-21,25-29,35,37-38,44,47,59H,4-7,10,13-16,19,22-24,30-34,36,39-43,45-46,48-58H2,1-3H3/b11-8-,12-9-,20-17-,21-18-,28-25-,29-26-,37-35-,38-27-,47-44-. The first-order valence-electron chi connectivity index (χ1n) is 27.4. The molecule has 0 spiro atoms. The molecule has 0 saturated carbocycles. The zero-order valence-electron chi connectivity index (χ0n) is 43.2. The molecule has 0 aliphatic carbocycles. The normalized spacial score (nSPS) is 13.1. The number of hydrogen-bond acceptors (Lipinski definition) is 5. The van der Waals surface area contributed by atoms with Crippen LogP contribution in [0, 0.1) is 0 Å². The van der Waals surface area contributed by atoms with Crippen LogP contribution >= 0.6 is 0 Å². The number of carbonyl (C=O) groups is 2. The van der Waals surface area contributed by atoms with E-state index in [-0.39, 0.29) is 25.2 Å². The van der Waals surface area contributed by atoms with Gasteiger partial charge < -0.3 is 14.2 Å². The van der Waals surface area contributed by atoms with Gasteiger partial charge in [-0.15, -0.1) is 0 Å². The van der Waals surface area contributed by atoms with E-state index in [0.29, 0.717) is 19.4 Å². The summed E-state index contributed by atoms with van der Waals surface area (Å²) in [6, 6.07) is 0. The van der Waals surface area contributed by atoms with E-state index in [9.17, 15) is 9.59 Å². The molecule has 0 amide bonds. The molecule has 5 heteroatoms. The number of rotatable bonds is 49. The van der Waals surface area contributed by atoms with E-state index in [1.165, 1.54) is 89.9 Å². The molecule has 1 unspecified atom stereocenters. The highest BCUT2D eigenvalue weighted by Crippen LogP contribution is 2.14. The lowest BCUT2D eigenvalue weighted by Crippen LogP contribution is -2.30. The quantitative estimate of drug-likeness (QED) is 0.0346. The van der Waals surface area contributed by atoms with Crippen molar-refractivity contribution in [1.29, 1.82) is 0 Å². The number of esters is 2. The van der Waals surface area contributed by atoms with Crippen LogP contribution in [0.4, 0.5) is 0 Å². The van der Waals surface area contributed by atoms with Crippen LogP contribution in [0.25, 0.3) is 0 Å². The summed E-state index contributed by atoms with van der Waals surface area (Å²) in [7, 11) is 0. The van der Waals surface area contributed by atoms with Crippen LogP contribution in [0.2, 0.25) is 0 Å². The molecule has 0 fully saturated rings. The molecule has 0 bridgehead atoms. The average Bonchev–Trinajstić information content (AvgIpc) is 3.32. The Morgan fingerprint density at radius 3 is 1.11 bits per heavy atom. The van der Waals surface area contributed by atoms with Crippen LogP contribution in [-0.2, 0) is 23.8 Å². The topological polar surface area (TPSA) is 61.8 Å². The molecule has 0 aromatic heterocycles. The minimum Gasteiger partial charge on any atom is -0.462 e. The third-order valence-corrected chi connectivity index (χ3v) is 11.3. The van der Waals surface area contributed by atoms with Gasteiger partial charge in [0.15, 0.2) is 6.10 Å². The van der Waals surface area contributed by atoms with Gasteiger partial charge in [0.2, 0.25) is 0 Å². The van der Waals surface area contributed by atoms with Crippen LogP contribution in [0.1, 0.15) is 239 Å². The molecular formula is C61H102O5. The maximum atomic E-state index is 12.8. The van der Waals surface area contributed by atoms with Gasteiger partial charge in [-0.2, -0.15) is 0 Å². The van der Waals surface area contributed by atoms with Crippen LogP contribution < -0.4 is 0 Å². The third-order valence-electron chi connectivity index (χ3n) is 11.3. The van der Waals surface area contributed by atoms with Gasteiger partial charge in [0.1, 0.15) is 6.61 Å². The van der Waals surface area contributed by atoms with Crippen molar-refractivity contribution in [2.24, 2.45) is 0 Å². The Morgan fingerprint density at radius 1 is 0.348 bits per heavy atom. The van der Waals surface area contributed by atoms with Crippen LogP contribution in [0.3, 0.4) is 0 Å². The van der Waals surface area contributed by atoms with Gasteiger partial charge in [0.05, 0.1) is 6.61 Å². The molecule has 0 radical (unpaired) electrons. The average molecular weight is 915 g/mol. The van der Waals surface area contributed by atoms with Crippen LogP contribution in [-0.4, -0.2) is 37.9 Å². The highest BCUT2D eigenvalue weighted by Gasteiger charge is 2.17. The number of hydrogen-bond donors (Lipinski definition) is 0. The molecule has 1 atom stereocenters. The van der Waals surface area contributed by atoms with Crippen molar-refractivity contribution in [3.8, 4) is 0 Å². The molecule has 0 heterocycles. The van der Waals surface area contributed by atoms with Gasteiger partial charge in [-0.25, -0.2) is 0 Å². The highest BCUT2D eigenvalue weighted by molar-refractivity contribution is 5.70. The summed E-state index contributed by atoms with van der Waals surface area (Å²) in [5, 5.41) is 0. The Hall–Kier alpha value is -3.44. The number of allylic oxidation sites excluding steroid dienone is 18. The number of ether oxygens (including phenoxy) is 3. The summed E-state index contributed by atoms with van der Waals surface area (Å²) in [5.74, 6) is -0.460. The van der Waals surface area contributed by atoms with E-state index >= 15 is 0 Å². The molecule has 0 aromatic rings. The molecule has 376 valence electrons. The Bertz CT molecular complexity index is 1310. The lowest BCUT2D eigenvalue weighted by atomic mass is 10.1. The zero-order chi connectivity index (χ0) is 47.7. The molecule has 0 N–H and O–H groups in total. The van der Waals surface area contributed by atoms with Gasteiger partial charge in [-0.05, 0) is 116 Å². The summed E-state index contributed by atoms with van der Waals surface area (Å²) in [6.07, 6.45) is 76.9. The second-order valence-electron chi connectivity index (χ2n) is 17.7. The molecule has 0 aliphatic heterocycles. The first kappa shape index (κ1) is 62.6. The minimum absolute atomic E-state index is 0.0468. The van der Waals surface area contributed by atoms with Gasteiger partial charge >= 0.3 is 11.9 Å². The summed E-state index contributed by atoms with van der Waals surface area (Å²) in [4.78, 5) is 25.5. The predicted octanol–water partition coefficient (Wildman–Crippen LogP) is 18.8. The van der Waals surface area contributed by atoms with Crippen molar-refractivity contribution in [2.45, 2.75) is 245 Å². The Balaban J connectivity index is 4.38. The number of carbonyl (C=O) groups excluding carboxylic acids is 2. The van der Waals surface area contributed by atoms with Crippen molar-refractivity contribution in [3.05, 3.63) is 109 Å². The van der Waals surface area contributed by atoms with Gasteiger partial charge in [0.25, 0.3) is 0 Å². The smallest absolute Gasteiger partial charge is 0.306 e. The molecular weight excluding hydrogens is 813 g/mol. The fraction of sp³-hybridized carbons (Fsp3) is 0.672. The van der Waals surface area contributed by atoms with E-state index in [0.717, 1.165) is 116 Å². The Morgan fingerprint density at radius 2 is 0.682 bits per heavy atom. The van der Waals surface area contributed by atoms with E-state index in [4.69, 9.17) is 14.2 Å². The Kier molecular flexibility index (Phi) is 53.0. The fourth-order valence-corrected chi connectivity index (χ4v) is 7.26. The second kappa shape index (κ2) is 55.9. The van der Waals surface area contributed by atoms with Gasteiger partial charge in [-0.3, -0.25) is 9.59 Å². The van der Waals surface area contributed by atoms with E-state index in [1.54, 1.807) is 0 Å². The molecule has 0 saturated heterocycles. The third kappa shape index (κ3) is 53.2. The largest absolute Gasteiger partial charge is 0.462 e. The highest BCUT2D eigenvalue weighted by atomic mass is 16.6. The zero-order valence-corrected chi connectivity index (χ0v) is 43.2. The molecule has 0 aromatic carbocycles. The predicted molar refractivity (Wildman–Crippen MR) is 288 cm³/mol. The maximum absolute atomic E-state index is 12.8. The van der Waals surface area contributed by atoms with E-state index < -0.39 is 6.10 Å². The van der Waals surface area contributed by atoms with Gasteiger partial charge in [0, 0.05) is 19.4 Å². The van der Waals surface area contributed by atoms with E-state index in [1.807, 2.05) is 0 Å². The summed E-state index contributed by atoms with van der Waals surface area (Å²) in [5.41, 5.74) is 0. The van der Waals surface area contributed by atoms with Crippen molar-refractivity contribution in [1.82, 2.24) is 0 Å². The molecule has 5 nitrogen and oxygen atoms in total. The summed E-state index contributed by atoms with van der Waals surface area (Å²) >= 11 is 0. The number of unbranched alkanes of at least 4 members (excludes halogenated alkanes) is 20. The van der Waals surface area contributed by atoms with Crippen LogP contribution in [0.5, 0.6) is 0 Å². The second-order valence-corrected chi connectivity index (χ2v) is 17.7. The molecule has 0 aliphatic rings. The van der Waals surface area contributed by atoms with E-state index in [2.05, 4.69) is 130 Å².